The molecule has 0 radical (unpaired) electrons. The van der Waals surface area contributed by atoms with E-state index in [-0.39, 0.29) is 11.7 Å². The number of amides is 1. The molecule has 7 nitrogen and oxygen atoms in total. The maximum atomic E-state index is 12.4. The van der Waals surface area contributed by atoms with Crippen LogP contribution in [0.3, 0.4) is 0 Å². The summed E-state index contributed by atoms with van der Waals surface area (Å²) < 4.78 is 2.67. The minimum atomic E-state index is -0.162. The smallest absolute Gasteiger partial charge is 0.236 e. The van der Waals surface area contributed by atoms with Crippen molar-refractivity contribution in [3.05, 3.63) is 65.7 Å². The van der Waals surface area contributed by atoms with Crippen molar-refractivity contribution < 1.29 is 4.79 Å². The SMILES string of the molecule is O=C(CSc1nnc2ccc(-c3ccc(Cl)cc3)nn12)Nc1nc2ccccc2s1. The Balaban J connectivity index is 1.31. The van der Waals surface area contributed by atoms with Crippen LogP contribution in [-0.2, 0) is 4.79 Å². The van der Waals surface area contributed by atoms with Gasteiger partial charge in [-0.25, -0.2) is 4.98 Å². The number of benzene rings is 2. The molecular weight excluding hydrogens is 440 g/mol. The molecule has 30 heavy (non-hydrogen) atoms. The second-order valence-corrected chi connectivity index (χ2v) is 8.71. The molecule has 0 bridgehead atoms. The highest BCUT2D eigenvalue weighted by Crippen LogP contribution is 2.26. The fourth-order valence-corrected chi connectivity index (χ4v) is 4.54. The van der Waals surface area contributed by atoms with Crippen molar-refractivity contribution in [1.82, 2.24) is 24.8 Å². The van der Waals surface area contributed by atoms with Crippen molar-refractivity contribution in [2.75, 3.05) is 11.1 Å². The molecular formula is C20H13ClN6OS2. The number of fused-ring (bicyclic) bond motifs is 2. The largest absolute Gasteiger partial charge is 0.301 e. The first-order chi connectivity index (χ1) is 14.7. The Hall–Kier alpha value is -3.01. The quantitative estimate of drug-likeness (QED) is 0.386. The zero-order valence-corrected chi connectivity index (χ0v) is 17.7. The standard InChI is InChI=1S/C20H13ClN6OS2/c21-13-7-5-12(6-8-13)14-9-10-17-24-25-20(27(17)26-14)29-11-18(28)23-19-22-15-3-1-2-4-16(15)30-19/h1-10H,11H2,(H,22,23,28). The van der Waals surface area contributed by atoms with Gasteiger partial charge in [-0.05, 0) is 36.4 Å². The van der Waals surface area contributed by atoms with Gasteiger partial charge in [-0.15, -0.1) is 10.2 Å². The normalized spacial score (nSPS) is 11.2. The molecule has 148 valence electrons. The summed E-state index contributed by atoms with van der Waals surface area (Å²) >= 11 is 8.68. The number of thiazole rings is 1. The van der Waals surface area contributed by atoms with Crippen LogP contribution in [0.5, 0.6) is 0 Å². The maximum absolute atomic E-state index is 12.4. The van der Waals surface area contributed by atoms with Crippen molar-refractivity contribution in [1.29, 1.82) is 0 Å². The lowest BCUT2D eigenvalue weighted by molar-refractivity contribution is -0.113. The lowest BCUT2D eigenvalue weighted by atomic mass is 10.1. The van der Waals surface area contributed by atoms with Crippen molar-refractivity contribution in [2.45, 2.75) is 5.16 Å². The predicted molar refractivity (Wildman–Crippen MR) is 120 cm³/mol. The van der Waals surface area contributed by atoms with Gasteiger partial charge in [0.2, 0.25) is 11.1 Å². The second-order valence-electron chi connectivity index (χ2n) is 6.30. The zero-order valence-electron chi connectivity index (χ0n) is 15.3. The van der Waals surface area contributed by atoms with Gasteiger partial charge in [-0.3, -0.25) is 4.79 Å². The van der Waals surface area contributed by atoms with E-state index in [0.717, 1.165) is 21.5 Å². The number of hydrogen-bond donors (Lipinski definition) is 1. The van der Waals surface area contributed by atoms with Crippen molar-refractivity contribution in [3.63, 3.8) is 0 Å². The number of hydrogen-bond acceptors (Lipinski definition) is 7. The Morgan fingerprint density at radius 2 is 1.90 bits per heavy atom. The van der Waals surface area contributed by atoms with Gasteiger partial charge in [-0.1, -0.05) is 59.0 Å². The Kier molecular flexibility index (Phi) is 5.07. The molecule has 5 aromatic rings. The molecule has 0 atom stereocenters. The number of nitrogens with one attached hydrogen (secondary N) is 1. The summed E-state index contributed by atoms with van der Waals surface area (Å²) in [6, 6.07) is 18.9. The van der Waals surface area contributed by atoms with E-state index in [1.165, 1.54) is 23.1 Å². The first kappa shape index (κ1) is 19.0. The molecule has 1 N–H and O–H groups in total. The first-order valence-corrected chi connectivity index (χ1v) is 11.1. The van der Waals surface area contributed by atoms with Gasteiger partial charge in [0, 0.05) is 10.6 Å². The van der Waals surface area contributed by atoms with E-state index >= 15 is 0 Å². The van der Waals surface area contributed by atoms with Crippen LogP contribution in [0.15, 0.2) is 65.8 Å². The number of anilines is 1. The number of carbonyl (C=O) groups is 1. The minimum absolute atomic E-state index is 0.162. The highest BCUT2D eigenvalue weighted by molar-refractivity contribution is 7.99. The predicted octanol–water partition coefficient (Wildman–Crippen LogP) is 4.79. The highest BCUT2D eigenvalue weighted by Gasteiger charge is 2.13. The van der Waals surface area contributed by atoms with Gasteiger partial charge >= 0.3 is 0 Å². The molecule has 1 amide bonds. The van der Waals surface area contributed by atoms with Crippen LogP contribution in [0.1, 0.15) is 0 Å². The Morgan fingerprint density at radius 3 is 2.73 bits per heavy atom. The third-order valence-corrected chi connectivity index (χ3v) is 6.37. The molecule has 0 aliphatic rings. The summed E-state index contributed by atoms with van der Waals surface area (Å²) in [5.41, 5.74) is 3.17. The van der Waals surface area contributed by atoms with Gasteiger partial charge in [-0.2, -0.15) is 9.61 Å². The van der Waals surface area contributed by atoms with Crippen molar-refractivity contribution in [3.8, 4) is 11.3 Å². The lowest BCUT2D eigenvalue weighted by Gasteiger charge is -2.03. The molecule has 0 unspecified atom stereocenters. The number of aromatic nitrogens is 5. The van der Waals surface area contributed by atoms with Crippen LogP contribution in [-0.4, -0.2) is 36.5 Å². The van der Waals surface area contributed by atoms with Crippen LogP contribution >= 0.6 is 34.7 Å². The number of thioether (sulfide) groups is 1. The summed E-state index contributed by atoms with van der Waals surface area (Å²) in [6.45, 7) is 0. The molecule has 0 saturated heterocycles. The summed E-state index contributed by atoms with van der Waals surface area (Å²) in [6.07, 6.45) is 0. The number of rotatable bonds is 5. The van der Waals surface area contributed by atoms with E-state index in [9.17, 15) is 4.79 Å². The summed E-state index contributed by atoms with van der Waals surface area (Å²) in [7, 11) is 0. The Morgan fingerprint density at radius 1 is 1.07 bits per heavy atom. The number of halogens is 1. The van der Waals surface area contributed by atoms with E-state index in [1.54, 1.807) is 4.52 Å². The third-order valence-electron chi connectivity index (χ3n) is 4.25. The average Bonchev–Trinajstić information content (AvgIpc) is 3.35. The van der Waals surface area contributed by atoms with Crippen molar-refractivity contribution >= 4 is 61.6 Å². The summed E-state index contributed by atoms with van der Waals surface area (Å²) in [4.78, 5) is 16.8. The fourth-order valence-electron chi connectivity index (χ4n) is 2.84. The topological polar surface area (TPSA) is 85.1 Å². The van der Waals surface area contributed by atoms with E-state index in [1.807, 2.05) is 60.7 Å². The van der Waals surface area contributed by atoms with E-state index < -0.39 is 0 Å². The van der Waals surface area contributed by atoms with Gasteiger partial charge < -0.3 is 5.32 Å². The molecule has 0 aliphatic heterocycles. The molecule has 5 rings (SSSR count). The van der Waals surface area contributed by atoms with Crippen LogP contribution in [0.2, 0.25) is 5.02 Å². The number of para-hydroxylation sites is 1. The molecule has 0 fully saturated rings. The number of nitrogens with zero attached hydrogens (tertiary/aromatic N) is 5. The molecule has 0 aliphatic carbocycles. The van der Waals surface area contributed by atoms with E-state index in [2.05, 4.69) is 25.6 Å². The van der Waals surface area contributed by atoms with Crippen LogP contribution in [0.4, 0.5) is 5.13 Å². The average molecular weight is 453 g/mol. The Bertz CT molecular complexity index is 1330. The third kappa shape index (κ3) is 3.87. The maximum Gasteiger partial charge on any atom is 0.236 e. The molecule has 10 heteroatoms. The molecule has 0 saturated carbocycles. The van der Waals surface area contributed by atoms with Crippen LogP contribution in [0, 0.1) is 0 Å². The first-order valence-electron chi connectivity index (χ1n) is 8.92. The molecule has 3 heterocycles. The monoisotopic (exact) mass is 452 g/mol. The van der Waals surface area contributed by atoms with Gasteiger partial charge in [0.1, 0.15) is 0 Å². The highest BCUT2D eigenvalue weighted by atomic mass is 35.5. The molecule has 2 aromatic carbocycles. The summed E-state index contributed by atoms with van der Waals surface area (Å²) in [5, 5.41) is 17.5. The van der Waals surface area contributed by atoms with Gasteiger partial charge in [0.25, 0.3) is 0 Å². The minimum Gasteiger partial charge on any atom is -0.301 e. The van der Waals surface area contributed by atoms with Crippen LogP contribution in [0.25, 0.3) is 27.1 Å². The molecule has 3 aromatic heterocycles. The summed E-state index contributed by atoms with van der Waals surface area (Å²) in [5.74, 6) is 0.00786. The van der Waals surface area contributed by atoms with E-state index in [4.69, 9.17) is 11.6 Å². The second kappa shape index (κ2) is 8.02. The van der Waals surface area contributed by atoms with Crippen LogP contribution < -0.4 is 5.32 Å². The molecule has 0 spiro atoms. The van der Waals surface area contributed by atoms with Crippen molar-refractivity contribution in [2.24, 2.45) is 0 Å². The number of carbonyl (C=O) groups excluding carboxylic acids is 1. The van der Waals surface area contributed by atoms with E-state index in [0.29, 0.717) is 21.0 Å². The Labute approximate surface area is 184 Å². The zero-order chi connectivity index (χ0) is 20.5. The van der Waals surface area contributed by atoms with Gasteiger partial charge in [0.05, 0.1) is 21.7 Å². The fraction of sp³-hybridized carbons (Fsp3) is 0.0500. The lowest BCUT2D eigenvalue weighted by Crippen LogP contribution is -2.14. The van der Waals surface area contributed by atoms with Gasteiger partial charge in [0.15, 0.2) is 10.8 Å².